The van der Waals surface area contributed by atoms with Gasteiger partial charge in [-0.3, -0.25) is 0 Å². The van der Waals surface area contributed by atoms with Crippen LogP contribution < -0.4 is 5.32 Å². The van der Waals surface area contributed by atoms with E-state index in [0.29, 0.717) is 13.1 Å². The summed E-state index contributed by atoms with van der Waals surface area (Å²) in [6.45, 7) is 3.75. The lowest BCUT2D eigenvalue weighted by Crippen LogP contribution is -2.33. The van der Waals surface area contributed by atoms with Gasteiger partial charge in [0.15, 0.2) is 0 Å². The number of thiazole rings is 1. The molecule has 0 radical (unpaired) electrons. The third-order valence-electron chi connectivity index (χ3n) is 2.31. The van der Waals surface area contributed by atoms with Crippen LogP contribution in [0.2, 0.25) is 0 Å². The van der Waals surface area contributed by atoms with E-state index in [-0.39, 0.29) is 5.75 Å². The van der Waals surface area contributed by atoms with Crippen LogP contribution in [0, 0.1) is 0 Å². The van der Waals surface area contributed by atoms with Crippen molar-refractivity contribution in [3.63, 3.8) is 0 Å². The van der Waals surface area contributed by atoms with E-state index in [1.165, 1.54) is 15.6 Å². The van der Waals surface area contributed by atoms with Crippen molar-refractivity contribution in [3.05, 3.63) is 16.6 Å². The largest absolute Gasteiger partial charge is 0.316 e. The number of hydrogen-bond donors (Lipinski definition) is 1. The summed E-state index contributed by atoms with van der Waals surface area (Å²) in [5, 5.41) is 4.95. The highest BCUT2D eigenvalue weighted by Gasteiger charge is 2.17. The smallest absolute Gasteiger partial charge is 0.215 e. The zero-order valence-corrected chi connectivity index (χ0v) is 11.9. The maximum absolute atomic E-state index is 11.9. The van der Waals surface area contributed by atoms with Crippen LogP contribution in [0.5, 0.6) is 0 Å². The van der Waals surface area contributed by atoms with Crippen molar-refractivity contribution in [2.45, 2.75) is 19.9 Å². The molecule has 17 heavy (non-hydrogen) atoms. The third kappa shape index (κ3) is 5.12. The van der Waals surface area contributed by atoms with Crippen LogP contribution in [0.15, 0.2) is 10.9 Å². The van der Waals surface area contributed by atoms with E-state index in [4.69, 9.17) is 0 Å². The SMILES string of the molecule is CCCNCCS(=O)(=O)N(C)Cc1cscn1. The molecule has 0 amide bonds. The highest BCUT2D eigenvalue weighted by atomic mass is 32.2. The van der Waals surface area contributed by atoms with Gasteiger partial charge in [-0.1, -0.05) is 6.92 Å². The van der Waals surface area contributed by atoms with Gasteiger partial charge in [-0.15, -0.1) is 11.3 Å². The third-order valence-corrected chi connectivity index (χ3v) is 4.74. The second-order valence-electron chi connectivity index (χ2n) is 3.80. The minimum absolute atomic E-state index is 0.133. The van der Waals surface area contributed by atoms with Crippen molar-refractivity contribution in [3.8, 4) is 0 Å². The predicted molar refractivity (Wildman–Crippen MR) is 70.5 cm³/mol. The monoisotopic (exact) mass is 277 g/mol. The Morgan fingerprint density at radius 3 is 2.82 bits per heavy atom. The van der Waals surface area contributed by atoms with Crippen molar-refractivity contribution in [2.75, 3.05) is 25.9 Å². The van der Waals surface area contributed by atoms with E-state index in [1.54, 1.807) is 12.6 Å². The molecule has 7 heteroatoms. The van der Waals surface area contributed by atoms with E-state index in [9.17, 15) is 8.42 Å². The van der Waals surface area contributed by atoms with Gasteiger partial charge < -0.3 is 5.32 Å². The zero-order chi connectivity index (χ0) is 12.7. The van der Waals surface area contributed by atoms with Gasteiger partial charge in [-0.05, 0) is 13.0 Å². The number of nitrogens with zero attached hydrogens (tertiary/aromatic N) is 2. The summed E-state index contributed by atoms with van der Waals surface area (Å²) in [4.78, 5) is 4.08. The summed E-state index contributed by atoms with van der Waals surface area (Å²) in [5.41, 5.74) is 2.50. The van der Waals surface area contributed by atoms with E-state index in [1.807, 2.05) is 5.38 Å². The lowest BCUT2D eigenvalue weighted by Gasteiger charge is -2.16. The number of aromatic nitrogens is 1. The van der Waals surface area contributed by atoms with Gasteiger partial charge in [0.05, 0.1) is 23.5 Å². The average Bonchev–Trinajstić information content (AvgIpc) is 2.77. The molecule has 0 atom stereocenters. The number of hydrogen-bond acceptors (Lipinski definition) is 5. The Morgan fingerprint density at radius 1 is 1.47 bits per heavy atom. The Morgan fingerprint density at radius 2 is 2.24 bits per heavy atom. The zero-order valence-electron chi connectivity index (χ0n) is 10.2. The van der Waals surface area contributed by atoms with Crippen LogP contribution in [-0.4, -0.2) is 43.6 Å². The Hall–Kier alpha value is -0.500. The van der Waals surface area contributed by atoms with Crippen molar-refractivity contribution in [2.24, 2.45) is 0 Å². The lowest BCUT2D eigenvalue weighted by molar-refractivity contribution is 0.461. The van der Waals surface area contributed by atoms with Crippen LogP contribution in [0.4, 0.5) is 0 Å². The van der Waals surface area contributed by atoms with Gasteiger partial charge in [0.2, 0.25) is 10.0 Å². The number of nitrogens with one attached hydrogen (secondary N) is 1. The fourth-order valence-corrected chi connectivity index (χ4v) is 2.89. The van der Waals surface area contributed by atoms with Crippen LogP contribution in [0.25, 0.3) is 0 Å². The second kappa shape index (κ2) is 7.05. The van der Waals surface area contributed by atoms with E-state index in [2.05, 4.69) is 17.2 Å². The molecule has 0 spiro atoms. The summed E-state index contributed by atoms with van der Waals surface area (Å²) in [6.07, 6.45) is 1.01. The number of rotatable bonds is 8. The predicted octanol–water partition coefficient (Wildman–Crippen LogP) is 0.904. The van der Waals surface area contributed by atoms with Crippen LogP contribution >= 0.6 is 11.3 Å². The average molecular weight is 277 g/mol. The van der Waals surface area contributed by atoms with Crippen LogP contribution in [-0.2, 0) is 16.6 Å². The molecule has 1 heterocycles. The molecule has 1 aromatic rings. The van der Waals surface area contributed by atoms with E-state index < -0.39 is 10.0 Å². The molecule has 0 fully saturated rings. The van der Waals surface area contributed by atoms with Gasteiger partial charge in [0.25, 0.3) is 0 Å². The molecule has 0 unspecified atom stereocenters. The Balaban J connectivity index is 2.41. The molecular weight excluding hydrogens is 258 g/mol. The topological polar surface area (TPSA) is 62.3 Å². The van der Waals surface area contributed by atoms with E-state index in [0.717, 1.165) is 18.7 Å². The van der Waals surface area contributed by atoms with E-state index >= 15 is 0 Å². The maximum atomic E-state index is 11.9. The Kier molecular flexibility index (Phi) is 6.04. The number of sulfonamides is 1. The van der Waals surface area contributed by atoms with Gasteiger partial charge in [0, 0.05) is 19.0 Å². The van der Waals surface area contributed by atoms with Crippen LogP contribution in [0.3, 0.4) is 0 Å². The van der Waals surface area contributed by atoms with Crippen molar-refractivity contribution in [1.29, 1.82) is 0 Å². The summed E-state index contributed by atoms with van der Waals surface area (Å²) in [5.74, 6) is 0.133. The van der Waals surface area contributed by atoms with Gasteiger partial charge in [-0.2, -0.15) is 4.31 Å². The van der Waals surface area contributed by atoms with Gasteiger partial charge in [0.1, 0.15) is 0 Å². The minimum Gasteiger partial charge on any atom is -0.316 e. The highest BCUT2D eigenvalue weighted by molar-refractivity contribution is 7.89. The van der Waals surface area contributed by atoms with Crippen molar-refractivity contribution < 1.29 is 8.42 Å². The fraction of sp³-hybridized carbons (Fsp3) is 0.700. The molecule has 5 nitrogen and oxygen atoms in total. The van der Waals surface area contributed by atoms with Gasteiger partial charge >= 0.3 is 0 Å². The molecule has 0 aromatic carbocycles. The summed E-state index contributed by atoms with van der Waals surface area (Å²) < 4.78 is 25.1. The highest BCUT2D eigenvalue weighted by Crippen LogP contribution is 2.07. The maximum Gasteiger partial charge on any atom is 0.215 e. The first kappa shape index (κ1) is 14.6. The molecular formula is C10H19N3O2S2. The lowest BCUT2D eigenvalue weighted by atomic mass is 10.5. The summed E-state index contributed by atoms with van der Waals surface area (Å²) in [7, 11) is -1.59. The molecule has 0 saturated heterocycles. The fourth-order valence-electron chi connectivity index (χ4n) is 1.30. The normalized spacial score (nSPS) is 12.2. The molecule has 1 aromatic heterocycles. The second-order valence-corrected chi connectivity index (χ2v) is 6.72. The van der Waals surface area contributed by atoms with Crippen LogP contribution in [0.1, 0.15) is 19.0 Å². The molecule has 0 bridgehead atoms. The molecule has 98 valence electrons. The summed E-state index contributed by atoms with van der Waals surface area (Å²) in [6, 6.07) is 0. The van der Waals surface area contributed by atoms with Crippen molar-refractivity contribution >= 4 is 21.4 Å². The first-order chi connectivity index (χ1) is 8.06. The van der Waals surface area contributed by atoms with Crippen molar-refractivity contribution in [1.82, 2.24) is 14.6 Å². The van der Waals surface area contributed by atoms with Gasteiger partial charge in [-0.25, -0.2) is 13.4 Å². The molecule has 0 aliphatic rings. The molecule has 0 aliphatic heterocycles. The first-order valence-electron chi connectivity index (χ1n) is 5.58. The molecule has 0 saturated carbocycles. The summed E-state index contributed by atoms with van der Waals surface area (Å²) >= 11 is 1.47. The molecule has 1 N–H and O–H groups in total. The quantitative estimate of drug-likeness (QED) is 0.717. The Labute approximate surface area is 107 Å². The first-order valence-corrected chi connectivity index (χ1v) is 8.13. The minimum atomic E-state index is -3.18. The molecule has 1 rings (SSSR count). The molecule has 0 aliphatic carbocycles. The standard InChI is InChI=1S/C10H19N3O2S2/c1-3-4-11-5-6-17(14,15)13(2)7-10-8-16-9-12-10/h8-9,11H,3-7H2,1-2H3. The Bertz CT molecular complexity index is 403.